The number of hydrogen-bond donors (Lipinski definition) is 1. The van der Waals surface area contributed by atoms with Gasteiger partial charge in [-0.2, -0.15) is 0 Å². The van der Waals surface area contributed by atoms with Gasteiger partial charge in [0, 0.05) is 24.7 Å². The number of fused-ring (bicyclic) bond motifs is 1. The molecule has 5 rings (SSSR count). The van der Waals surface area contributed by atoms with Crippen LogP contribution in [0.25, 0.3) is 11.1 Å². The highest BCUT2D eigenvalue weighted by Crippen LogP contribution is 2.44. The molecule has 0 radical (unpaired) electrons. The summed E-state index contributed by atoms with van der Waals surface area (Å²) in [5.41, 5.74) is 1.04. The number of carboxylic acids is 1. The number of hydrogen-bond acceptors (Lipinski definition) is 5. The Morgan fingerprint density at radius 1 is 1.11 bits per heavy atom. The summed E-state index contributed by atoms with van der Waals surface area (Å²) in [5, 5.41) is 10.3. The number of aryl methyl sites for hydroxylation is 1. The van der Waals surface area contributed by atoms with Gasteiger partial charge in [-0.15, -0.1) is 0 Å². The van der Waals surface area contributed by atoms with Crippen molar-refractivity contribution in [3.63, 3.8) is 0 Å². The van der Waals surface area contributed by atoms with Crippen molar-refractivity contribution < 1.29 is 32.2 Å². The summed E-state index contributed by atoms with van der Waals surface area (Å²) in [6.07, 6.45) is 0.0650. The molecule has 0 aliphatic carbocycles. The molecule has 1 N–H and O–H groups in total. The summed E-state index contributed by atoms with van der Waals surface area (Å²) >= 11 is 6.06. The fourth-order valence-corrected chi connectivity index (χ4v) is 6.98. The van der Waals surface area contributed by atoms with Crippen LogP contribution in [0.1, 0.15) is 24.8 Å². The molecule has 0 saturated carbocycles. The Labute approximate surface area is 225 Å². The molecular weight excluding hydrogens is 533 g/mol. The highest BCUT2D eigenvalue weighted by atomic mass is 35.5. The van der Waals surface area contributed by atoms with E-state index >= 15 is 0 Å². The van der Waals surface area contributed by atoms with E-state index < -0.39 is 33.3 Å². The third-order valence-corrected chi connectivity index (χ3v) is 9.18. The van der Waals surface area contributed by atoms with E-state index in [0.29, 0.717) is 42.9 Å². The van der Waals surface area contributed by atoms with E-state index in [1.807, 2.05) is 13.0 Å². The summed E-state index contributed by atoms with van der Waals surface area (Å²) < 4.78 is 54.9. The zero-order valence-corrected chi connectivity index (χ0v) is 22.3. The molecule has 0 amide bonds. The largest absolute Gasteiger partial charge is 0.486 e. The number of aliphatic carboxylic acids is 1. The van der Waals surface area contributed by atoms with Crippen LogP contribution < -0.4 is 9.04 Å². The minimum Gasteiger partial charge on any atom is -0.486 e. The monoisotopic (exact) mass is 559 g/mol. The fraction of sp³-hybridized carbons (Fsp3) is 0.321. The Morgan fingerprint density at radius 3 is 2.55 bits per heavy atom. The Morgan fingerprint density at radius 2 is 1.87 bits per heavy atom. The van der Waals surface area contributed by atoms with Crippen molar-refractivity contribution in [2.45, 2.75) is 37.2 Å². The van der Waals surface area contributed by atoms with Crippen LogP contribution in [0.5, 0.6) is 5.75 Å². The second kappa shape index (κ2) is 10.2. The lowest BCUT2D eigenvalue weighted by Gasteiger charge is -2.40. The molecule has 2 heterocycles. The van der Waals surface area contributed by atoms with Crippen molar-refractivity contribution >= 4 is 33.3 Å². The molecule has 0 bridgehead atoms. The molecule has 3 aromatic carbocycles. The zero-order valence-electron chi connectivity index (χ0n) is 20.7. The summed E-state index contributed by atoms with van der Waals surface area (Å²) in [4.78, 5) is 12.4. The number of anilines is 1. The number of halogens is 2. The molecule has 1 atom stereocenters. The van der Waals surface area contributed by atoms with Gasteiger partial charge in [-0.25, -0.2) is 12.8 Å². The molecule has 200 valence electrons. The molecule has 38 heavy (non-hydrogen) atoms. The third kappa shape index (κ3) is 5.10. The average molecular weight is 560 g/mol. The minimum absolute atomic E-state index is 0.0769. The predicted molar refractivity (Wildman–Crippen MR) is 142 cm³/mol. The lowest BCUT2D eigenvalue weighted by Crippen LogP contribution is -2.48. The van der Waals surface area contributed by atoms with Gasteiger partial charge in [-0.05, 0) is 78.9 Å². The molecule has 0 unspecified atom stereocenters. The van der Waals surface area contributed by atoms with E-state index in [4.69, 9.17) is 21.1 Å². The second-order valence-electron chi connectivity index (χ2n) is 9.84. The van der Waals surface area contributed by atoms with Crippen molar-refractivity contribution in [3.8, 4) is 16.9 Å². The maximum absolute atomic E-state index is 14.1. The van der Waals surface area contributed by atoms with Gasteiger partial charge in [0.25, 0.3) is 10.0 Å². The molecule has 10 heteroatoms. The molecule has 7 nitrogen and oxygen atoms in total. The number of carbonyl (C=O) groups is 1. The van der Waals surface area contributed by atoms with Crippen molar-refractivity contribution in [2.24, 2.45) is 5.41 Å². The van der Waals surface area contributed by atoms with E-state index in [9.17, 15) is 22.7 Å². The van der Waals surface area contributed by atoms with Crippen LogP contribution in [0.3, 0.4) is 0 Å². The number of sulfonamides is 1. The van der Waals surface area contributed by atoms with Crippen LogP contribution in [0.2, 0.25) is 5.02 Å². The van der Waals surface area contributed by atoms with E-state index in [1.54, 1.807) is 36.4 Å². The average Bonchev–Trinajstić information content (AvgIpc) is 2.88. The predicted octanol–water partition coefficient (Wildman–Crippen LogP) is 5.68. The van der Waals surface area contributed by atoms with E-state index in [2.05, 4.69) is 0 Å². The number of benzene rings is 3. The highest BCUT2D eigenvalue weighted by Gasteiger charge is 2.45. The first-order valence-corrected chi connectivity index (χ1v) is 14.1. The van der Waals surface area contributed by atoms with Crippen molar-refractivity contribution in [1.29, 1.82) is 0 Å². The first-order valence-electron chi connectivity index (χ1n) is 12.3. The molecule has 1 fully saturated rings. The fourth-order valence-electron chi connectivity index (χ4n) is 5.15. The summed E-state index contributed by atoms with van der Waals surface area (Å²) in [7, 11) is -4.05. The SMILES string of the molecule is Cc1cccc(S(=O)(=O)N2C[C@H](CC3(C(=O)O)CCOCC3)Oc3ccc(-c4cc(F)cc(Cl)c4)cc32)c1. The van der Waals surface area contributed by atoms with Gasteiger partial charge in [0.2, 0.25) is 0 Å². The zero-order chi connectivity index (χ0) is 27.1. The van der Waals surface area contributed by atoms with Crippen LogP contribution in [0, 0.1) is 18.2 Å². The van der Waals surface area contributed by atoms with Crippen LogP contribution in [-0.4, -0.2) is 45.4 Å². The van der Waals surface area contributed by atoms with Crippen molar-refractivity contribution in [2.75, 3.05) is 24.1 Å². The van der Waals surface area contributed by atoms with E-state index in [1.165, 1.54) is 22.5 Å². The Hall–Kier alpha value is -3.14. The number of nitrogens with zero attached hydrogens (tertiary/aromatic N) is 1. The quantitative estimate of drug-likeness (QED) is 0.417. The maximum Gasteiger partial charge on any atom is 0.309 e. The standard InChI is InChI=1S/C28H27ClFNO6S/c1-18-3-2-4-24(11-18)38(34,35)31-17-23(16-28(27(32)33)7-9-36-10-8-28)37-26-6-5-19(14-25(26)31)20-12-21(29)15-22(30)13-20/h2-6,11-15,23H,7-10,16-17H2,1H3,(H,32,33)/t23-/m0/s1. The van der Waals surface area contributed by atoms with Gasteiger partial charge in [0.15, 0.2) is 0 Å². The summed E-state index contributed by atoms with van der Waals surface area (Å²) in [6, 6.07) is 15.7. The Kier molecular flexibility index (Phi) is 7.11. The topological polar surface area (TPSA) is 93.1 Å². The first kappa shape index (κ1) is 26.5. The van der Waals surface area contributed by atoms with Crippen LogP contribution in [-0.2, 0) is 19.6 Å². The molecule has 0 spiro atoms. The van der Waals surface area contributed by atoms with Crippen molar-refractivity contribution in [1.82, 2.24) is 0 Å². The molecule has 2 aliphatic rings. The molecule has 0 aromatic heterocycles. The van der Waals surface area contributed by atoms with Crippen LogP contribution in [0.15, 0.2) is 65.6 Å². The Balaban J connectivity index is 1.59. The Bertz CT molecular complexity index is 1470. The molecular formula is C28H27ClFNO6S. The van der Waals surface area contributed by atoms with Gasteiger partial charge in [0.05, 0.1) is 22.5 Å². The van der Waals surface area contributed by atoms with Crippen molar-refractivity contribution in [3.05, 3.63) is 77.1 Å². The van der Waals surface area contributed by atoms with E-state index in [-0.39, 0.29) is 28.6 Å². The second-order valence-corrected chi connectivity index (χ2v) is 12.1. The molecule has 3 aromatic rings. The van der Waals surface area contributed by atoms with Gasteiger partial charge >= 0.3 is 5.97 Å². The lowest BCUT2D eigenvalue weighted by molar-refractivity contribution is -0.157. The van der Waals surface area contributed by atoms with Crippen LogP contribution in [0.4, 0.5) is 10.1 Å². The molecule has 1 saturated heterocycles. The van der Waals surface area contributed by atoms with Gasteiger partial charge in [-0.1, -0.05) is 29.8 Å². The van der Waals surface area contributed by atoms with E-state index in [0.717, 1.165) is 5.56 Å². The number of carboxylic acid groups (broad SMARTS) is 1. The first-order chi connectivity index (χ1) is 18.1. The van der Waals surface area contributed by atoms with Gasteiger partial charge in [-0.3, -0.25) is 9.10 Å². The smallest absolute Gasteiger partial charge is 0.309 e. The number of rotatable bonds is 6. The van der Waals surface area contributed by atoms with Crippen LogP contribution >= 0.6 is 11.6 Å². The third-order valence-electron chi connectivity index (χ3n) is 7.19. The highest BCUT2D eigenvalue weighted by molar-refractivity contribution is 7.92. The maximum atomic E-state index is 14.1. The summed E-state index contributed by atoms with van der Waals surface area (Å²) in [6.45, 7) is 2.37. The van der Waals surface area contributed by atoms with Gasteiger partial charge in [0.1, 0.15) is 17.7 Å². The molecule has 2 aliphatic heterocycles. The van der Waals surface area contributed by atoms with Gasteiger partial charge < -0.3 is 14.6 Å². The number of ether oxygens (including phenoxy) is 2. The minimum atomic E-state index is -4.05. The lowest BCUT2D eigenvalue weighted by atomic mass is 9.75. The summed E-state index contributed by atoms with van der Waals surface area (Å²) in [5.74, 6) is -1.15. The normalized spacial score (nSPS) is 18.9.